The number of carbonyl (C=O) groups is 1. The van der Waals surface area contributed by atoms with Crippen molar-refractivity contribution in [3.8, 4) is 17.4 Å². The van der Waals surface area contributed by atoms with Crippen LogP contribution in [0.4, 0.5) is 11.5 Å². The van der Waals surface area contributed by atoms with Gasteiger partial charge < -0.3 is 20.5 Å². The van der Waals surface area contributed by atoms with E-state index in [0.717, 1.165) is 16.7 Å². The number of fused-ring (bicyclic) bond motifs is 1. The summed E-state index contributed by atoms with van der Waals surface area (Å²) >= 11 is 0. The molecular formula is C31H31N5O3. The molecule has 0 spiro atoms. The Kier molecular flexibility index (Phi) is 6.94. The summed E-state index contributed by atoms with van der Waals surface area (Å²) in [5, 5.41) is 7.46. The molecule has 2 aromatic heterocycles. The SMILES string of the molecule is Cc1ccc(Oc2ccc3nc(N)cn3n2)cc1NC(=O)c1cccc(OCc2ccccc2)c1C(C)(C)C. The van der Waals surface area contributed by atoms with Crippen molar-refractivity contribution < 1.29 is 14.3 Å². The molecule has 39 heavy (non-hydrogen) atoms. The van der Waals surface area contributed by atoms with Gasteiger partial charge in [-0.3, -0.25) is 4.79 Å². The van der Waals surface area contributed by atoms with Gasteiger partial charge in [-0.1, -0.05) is 63.2 Å². The number of amides is 1. The van der Waals surface area contributed by atoms with E-state index in [4.69, 9.17) is 15.2 Å². The fourth-order valence-electron chi connectivity index (χ4n) is 4.40. The van der Waals surface area contributed by atoms with Crippen molar-refractivity contribution >= 4 is 23.1 Å². The van der Waals surface area contributed by atoms with Crippen molar-refractivity contribution in [2.75, 3.05) is 11.1 Å². The molecule has 0 aliphatic rings. The molecule has 3 aromatic carbocycles. The summed E-state index contributed by atoms with van der Waals surface area (Å²) in [6.45, 7) is 8.57. The van der Waals surface area contributed by atoms with Gasteiger partial charge in [-0.05, 0) is 47.7 Å². The first-order valence-corrected chi connectivity index (χ1v) is 12.7. The number of nitrogen functional groups attached to an aromatic ring is 1. The maximum absolute atomic E-state index is 13.6. The lowest BCUT2D eigenvalue weighted by atomic mass is 9.82. The molecule has 8 heteroatoms. The van der Waals surface area contributed by atoms with Crippen LogP contribution in [-0.4, -0.2) is 20.5 Å². The summed E-state index contributed by atoms with van der Waals surface area (Å²) in [4.78, 5) is 17.8. The lowest BCUT2D eigenvalue weighted by molar-refractivity contribution is 0.102. The first-order valence-electron chi connectivity index (χ1n) is 12.7. The number of nitrogens with two attached hydrogens (primary N) is 1. The molecule has 0 aliphatic carbocycles. The Morgan fingerprint density at radius 3 is 2.56 bits per heavy atom. The molecule has 0 saturated heterocycles. The molecule has 2 heterocycles. The predicted octanol–water partition coefficient (Wildman–Crippen LogP) is 6.54. The summed E-state index contributed by atoms with van der Waals surface area (Å²) < 4.78 is 13.7. The number of hydrogen-bond donors (Lipinski definition) is 2. The Balaban J connectivity index is 1.39. The molecule has 0 radical (unpaired) electrons. The highest BCUT2D eigenvalue weighted by molar-refractivity contribution is 6.06. The topological polar surface area (TPSA) is 104 Å². The van der Waals surface area contributed by atoms with E-state index in [1.807, 2.05) is 67.6 Å². The Labute approximate surface area is 227 Å². The normalized spacial score (nSPS) is 11.4. The van der Waals surface area contributed by atoms with Crippen LogP contribution in [0.25, 0.3) is 5.65 Å². The van der Waals surface area contributed by atoms with Gasteiger partial charge in [-0.15, -0.1) is 5.10 Å². The van der Waals surface area contributed by atoms with Crippen LogP contribution in [0.1, 0.15) is 47.8 Å². The molecule has 1 amide bonds. The third-order valence-corrected chi connectivity index (χ3v) is 6.25. The van der Waals surface area contributed by atoms with E-state index >= 15 is 0 Å². The summed E-state index contributed by atoms with van der Waals surface area (Å²) in [7, 11) is 0. The number of hydrogen-bond acceptors (Lipinski definition) is 6. The zero-order valence-electron chi connectivity index (χ0n) is 22.4. The molecule has 0 bridgehead atoms. The first-order chi connectivity index (χ1) is 18.7. The van der Waals surface area contributed by atoms with Crippen molar-refractivity contribution in [1.82, 2.24) is 14.6 Å². The van der Waals surface area contributed by atoms with Gasteiger partial charge in [0.1, 0.15) is 23.9 Å². The van der Waals surface area contributed by atoms with Gasteiger partial charge in [0, 0.05) is 28.9 Å². The Morgan fingerprint density at radius 1 is 1.00 bits per heavy atom. The molecule has 8 nitrogen and oxygen atoms in total. The van der Waals surface area contributed by atoms with Gasteiger partial charge in [0.2, 0.25) is 5.88 Å². The number of imidazole rings is 1. The van der Waals surface area contributed by atoms with Crippen LogP contribution < -0.4 is 20.5 Å². The van der Waals surface area contributed by atoms with Crippen molar-refractivity contribution in [1.29, 1.82) is 0 Å². The lowest BCUT2D eigenvalue weighted by Gasteiger charge is -2.26. The van der Waals surface area contributed by atoms with Crippen LogP contribution in [0.15, 0.2) is 85.1 Å². The van der Waals surface area contributed by atoms with Gasteiger partial charge in [0.05, 0.1) is 6.20 Å². The standard InChI is InChI=1S/C31H31N5O3/c1-20-13-14-22(39-28-16-15-27-34-26(32)18-36(27)35-28)17-24(20)33-30(37)23-11-8-12-25(29(23)31(2,3)4)38-19-21-9-6-5-7-10-21/h5-18H,19,32H2,1-4H3,(H,33,37). The van der Waals surface area contributed by atoms with Crippen LogP contribution >= 0.6 is 0 Å². The summed E-state index contributed by atoms with van der Waals surface area (Å²) in [5.41, 5.74) is 10.1. The minimum Gasteiger partial charge on any atom is -0.489 e. The van der Waals surface area contributed by atoms with Gasteiger partial charge >= 0.3 is 0 Å². The fourth-order valence-corrected chi connectivity index (χ4v) is 4.40. The maximum atomic E-state index is 13.6. The van der Waals surface area contributed by atoms with Crippen molar-refractivity contribution in [2.24, 2.45) is 0 Å². The highest BCUT2D eigenvalue weighted by Gasteiger charge is 2.26. The number of rotatable bonds is 7. The summed E-state index contributed by atoms with van der Waals surface area (Å²) in [6, 6.07) is 24.6. The second kappa shape index (κ2) is 10.5. The minimum atomic E-state index is -0.332. The second-order valence-corrected chi connectivity index (χ2v) is 10.4. The molecule has 0 fully saturated rings. The largest absolute Gasteiger partial charge is 0.489 e. The number of aryl methyl sites for hydroxylation is 1. The predicted molar refractivity (Wildman–Crippen MR) is 153 cm³/mol. The second-order valence-electron chi connectivity index (χ2n) is 10.4. The number of anilines is 2. The third kappa shape index (κ3) is 5.85. The number of nitrogens with zero attached hydrogens (tertiary/aromatic N) is 3. The van der Waals surface area contributed by atoms with Gasteiger partial charge in [0.15, 0.2) is 5.65 Å². The van der Waals surface area contributed by atoms with E-state index in [9.17, 15) is 4.79 Å². The molecule has 5 rings (SSSR count). The number of aromatic nitrogens is 3. The summed E-state index contributed by atoms with van der Waals surface area (Å²) in [5.74, 6) is 1.75. The lowest BCUT2D eigenvalue weighted by Crippen LogP contribution is -2.22. The molecule has 0 aliphatic heterocycles. The van der Waals surface area contributed by atoms with Crippen molar-refractivity contribution in [3.63, 3.8) is 0 Å². The van der Waals surface area contributed by atoms with Crippen LogP contribution in [0.3, 0.4) is 0 Å². The highest BCUT2D eigenvalue weighted by Crippen LogP contribution is 2.36. The van der Waals surface area contributed by atoms with E-state index < -0.39 is 0 Å². The number of ether oxygens (including phenoxy) is 2. The molecule has 198 valence electrons. The molecule has 3 N–H and O–H groups in total. The molecule has 0 saturated carbocycles. The molecular weight excluding hydrogens is 490 g/mol. The fraction of sp³-hybridized carbons (Fsp3) is 0.194. The third-order valence-electron chi connectivity index (χ3n) is 6.25. The summed E-state index contributed by atoms with van der Waals surface area (Å²) in [6.07, 6.45) is 1.62. The quantitative estimate of drug-likeness (QED) is 0.252. The Bertz CT molecular complexity index is 1640. The van der Waals surface area contributed by atoms with Crippen molar-refractivity contribution in [3.05, 3.63) is 107 Å². The first kappa shape index (κ1) is 25.8. The maximum Gasteiger partial charge on any atom is 0.256 e. The Morgan fingerprint density at radius 2 is 1.79 bits per heavy atom. The molecule has 0 atom stereocenters. The molecule has 0 unspecified atom stereocenters. The van der Waals surface area contributed by atoms with E-state index in [0.29, 0.717) is 46.7 Å². The Hall–Kier alpha value is -4.85. The van der Waals surface area contributed by atoms with Crippen LogP contribution in [0.2, 0.25) is 0 Å². The number of benzene rings is 3. The monoisotopic (exact) mass is 521 g/mol. The zero-order valence-corrected chi connectivity index (χ0v) is 22.4. The van der Waals surface area contributed by atoms with Gasteiger partial charge in [-0.25, -0.2) is 9.50 Å². The van der Waals surface area contributed by atoms with E-state index in [-0.39, 0.29) is 11.3 Å². The highest BCUT2D eigenvalue weighted by atomic mass is 16.5. The molecule has 5 aromatic rings. The van der Waals surface area contributed by atoms with Gasteiger partial charge in [-0.2, -0.15) is 0 Å². The zero-order chi connectivity index (χ0) is 27.6. The average Bonchev–Trinajstić information content (AvgIpc) is 3.28. The van der Waals surface area contributed by atoms with Crippen LogP contribution in [0.5, 0.6) is 17.4 Å². The van der Waals surface area contributed by atoms with E-state index in [1.165, 1.54) is 0 Å². The van der Waals surface area contributed by atoms with Crippen molar-refractivity contribution in [2.45, 2.75) is 39.7 Å². The number of nitrogens with one attached hydrogen (secondary N) is 1. The smallest absolute Gasteiger partial charge is 0.256 e. The number of carbonyl (C=O) groups excluding carboxylic acids is 1. The van der Waals surface area contributed by atoms with Crippen LogP contribution in [0, 0.1) is 6.92 Å². The van der Waals surface area contributed by atoms with E-state index in [1.54, 1.807) is 28.9 Å². The van der Waals surface area contributed by atoms with Crippen LogP contribution in [-0.2, 0) is 12.0 Å². The minimum absolute atomic E-state index is 0.223. The average molecular weight is 522 g/mol. The van der Waals surface area contributed by atoms with Gasteiger partial charge in [0.25, 0.3) is 5.91 Å². The van der Waals surface area contributed by atoms with E-state index in [2.05, 4.69) is 36.2 Å².